The van der Waals surface area contributed by atoms with Crippen LogP contribution in [0, 0.1) is 6.92 Å². The lowest BCUT2D eigenvalue weighted by atomic mass is 10.2. The summed E-state index contributed by atoms with van der Waals surface area (Å²) in [4.78, 5) is 15.8. The van der Waals surface area contributed by atoms with E-state index in [2.05, 4.69) is 10.3 Å². The summed E-state index contributed by atoms with van der Waals surface area (Å²) in [5.41, 5.74) is 1.55. The molecule has 2 aromatic rings. The number of carbonyl (C=O) groups is 1. The van der Waals surface area contributed by atoms with Crippen LogP contribution in [0.15, 0.2) is 30.5 Å². The number of amides is 1. The molecule has 0 atom stereocenters. The van der Waals surface area contributed by atoms with Gasteiger partial charge >= 0.3 is 0 Å². The Morgan fingerprint density at radius 3 is 2.68 bits per heavy atom. The zero-order chi connectivity index (χ0) is 14.0. The summed E-state index contributed by atoms with van der Waals surface area (Å²) in [5.74, 6) is -0.176. The van der Waals surface area contributed by atoms with Crippen LogP contribution in [0.4, 0.5) is 5.69 Å². The summed E-state index contributed by atoms with van der Waals surface area (Å²) in [5, 5.41) is 12.5. The van der Waals surface area contributed by atoms with E-state index in [1.807, 2.05) is 0 Å². The fourth-order valence-corrected chi connectivity index (χ4v) is 1.75. The van der Waals surface area contributed by atoms with E-state index in [-0.39, 0.29) is 21.8 Å². The smallest absolute Gasteiger partial charge is 0.257 e. The highest BCUT2D eigenvalue weighted by molar-refractivity contribution is 6.41. The maximum Gasteiger partial charge on any atom is 0.257 e. The van der Waals surface area contributed by atoms with Crippen LogP contribution in [-0.4, -0.2) is 16.0 Å². The van der Waals surface area contributed by atoms with Gasteiger partial charge in [-0.3, -0.25) is 4.79 Å². The van der Waals surface area contributed by atoms with Gasteiger partial charge in [0.25, 0.3) is 5.91 Å². The van der Waals surface area contributed by atoms with E-state index in [1.165, 1.54) is 18.3 Å². The minimum Gasteiger partial charge on any atom is -0.508 e. The van der Waals surface area contributed by atoms with Crippen molar-refractivity contribution in [3.63, 3.8) is 0 Å². The molecule has 1 aromatic carbocycles. The summed E-state index contributed by atoms with van der Waals surface area (Å²) in [6.45, 7) is 1.74. The van der Waals surface area contributed by atoms with Crippen LogP contribution in [0.2, 0.25) is 10.2 Å². The molecule has 0 aliphatic heterocycles. The van der Waals surface area contributed by atoms with Gasteiger partial charge < -0.3 is 10.4 Å². The average Bonchev–Trinajstić information content (AvgIpc) is 2.37. The van der Waals surface area contributed by atoms with Gasteiger partial charge in [-0.15, -0.1) is 0 Å². The molecule has 0 spiro atoms. The number of nitrogens with one attached hydrogen (secondary N) is 1. The molecule has 98 valence electrons. The summed E-state index contributed by atoms with van der Waals surface area (Å²) >= 11 is 11.5. The van der Waals surface area contributed by atoms with E-state index in [0.29, 0.717) is 16.8 Å². The fourth-order valence-electron chi connectivity index (χ4n) is 1.48. The number of nitrogens with zero attached hydrogens (tertiary/aromatic N) is 1. The second-order valence-electron chi connectivity index (χ2n) is 3.95. The summed E-state index contributed by atoms with van der Waals surface area (Å²) in [7, 11) is 0. The Labute approximate surface area is 120 Å². The molecule has 0 saturated heterocycles. The van der Waals surface area contributed by atoms with E-state index >= 15 is 0 Å². The normalized spacial score (nSPS) is 10.3. The van der Waals surface area contributed by atoms with Gasteiger partial charge in [0.15, 0.2) is 0 Å². The van der Waals surface area contributed by atoms with Gasteiger partial charge in [0.1, 0.15) is 10.9 Å². The molecule has 0 saturated carbocycles. The number of phenolic OH excluding ortho intramolecular Hbond substituents is 1. The first-order valence-corrected chi connectivity index (χ1v) is 6.15. The number of benzene rings is 1. The molecule has 0 radical (unpaired) electrons. The standard InChI is InChI=1S/C13H10Cl2N2O2/c1-7-4-9(2-3-11(7)18)17-13(19)8-5-10(14)12(15)16-6-8/h2-6,18H,1H3,(H,17,19). The lowest BCUT2D eigenvalue weighted by molar-refractivity contribution is 0.102. The SMILES string of the molecule is Cc1cc(NC(=O)c2cnc(Cl)c(Cl)c2)ccc1O. The maximum absolute atomic E-state index is 12.0. The Bertz CT molecular complexity index is 645. The van der Waals surface area contributed by atoms with Crippen molar-refractivity contribution < 1.29 is 9.90 Å². The van der Waals surface area contributed by atoms with E-state index in [9.17, 15) is 9.90 Å². The molecule has 0 aliphatic carbocycles. The number of rotatable bonds is 2. The number of carbonyl (C=O) groups excluding carboxylic acids is 1. The van der Waals surface area contributed by atoms with Crippen molar-refractivity contribution in [2.75, 3.05) is 5.32 Å². The molecular formula is C13H10Cl2N2O2. The molecule has 1 amide bonds. The highest BCUT2D eigenvalue weighted by atomic mass is 35.5. The van der Waals surface area contributed by atoms with Gasteiger partial charge in [0.2, 0.25) is 0 Å². The van der Waals surface area contributed by atoms with Crippen LogP contribution in [0.5, 0.6) is 5.75 Å². The number of pyridine rings is 1. The van der Waals surface area contributed by atoms with Gasteiger partial charge in [-0.2, -0.15) is 0 Å². The van der Waals surface area contributed by atoms with Crippen molar-refractivity contribution in [3.8, 4) is 5.75 Å². The lowest BCUT2D eigenvalue weighted by Gasteiger charge is -2.07. The first-order chi connectivity index (χ1) is 8.97. The number of aryl methyl sites for hydroxylation is 1. The molecule has 6 heteroatoms. The van der Waals surface area contributed by atoms with Crippen LogP contribution < -0.4 is 5.32 Å². The molecule has 0 unspecified atom stereocenters. The largest absolute Gasteiger partial charge is 0.508 e. The van der Waals surface area contributed by atoms with E-state index < -0.39 is 0 Å². The predicted octanol–water partition coefficient (Wildman–Crippen LogP) is 3.65. The van der Waals surface area contributed by atoms with Crippen LogP contribution >= 0.6 is 23.2 Å². The topological polar surface area (TPSA) is 62.2 Å². The van der Waals surface area contributed by atoms with E-state index in [4.69, 9.17) is 23.2 Å². The van der Waals surface area contributed by atoms with Crippen molar-refractivity contribution >= 4 is 34.8 Å². The van der Waals surface area contributed by atoms with Crippen molar-refractivity contribution in [3.05, 3.63) is 51.8 Å². The third-order valence-corrected chi connectivity index (χ3v) is 3.20. The molecule has 1 heterocycles. The van der Waals surface area contributed by atoms with Gasteiger partial charge in [-0.25, -0.2) is 4.98 Å². The van der Waals surface area contributed by atoms with E-state index in [0.717, 1.165) is 0 Å². The van der Waals surface area contributed by atoms with Gasteiger partial charge in [-0.05, 0) is 36.8 Å². The van der Waals surface area contributed by atoms with Gasteiger partial charge in [0, 0.05) is 11.9 Å². The fraction of sp³-hybridized carbons (Fsp3) is 0.0769. The number of hydrogen-bond acceptors (Lipinski definition) is 3. The predicted molar refractivity (Wildman–Crippen MR) is 75.1 cm³/mol. The quantitative estimate of drug-likeness (QED) is 0.657. The molecule has 4 nitrogen and oxygen atoms in total. The number of aromatic nitrogens is 1. The summed E-state index contributed by atoms with van der Waals surface area (Å²) in [6.07, 6.45) is 1.34. The first kappa shape index (κ1) is 13.6. The highest BCUT2D eigenvalue weighted by Gasteiger charge is 2.10. The Kier molecular flexibility index (Phi) is 3.93. The molecular weight excluding hydrogens is 287 g/mol. The Morgan fingerprint density at radius 2 is 2.05 bits per heavy atom. The van der Waals surface area contributed by atoms with Crippen LogP contribution in [0.1, 0.15) is 15.9 Å². The molecule has 0 aliphatic rings. The number of halogens is 2. The zero-order valence-corrected chi connectivity index (χ0v) is 11.5. The Morgan fingerprint density at radius 1 is 1.32 bits per heavy atom. The molecule has 2 N–H and O–H groups in total. The Hall–Kier alpha value is -1.78. The zero-order valence-electron chi connectivity index (χ0n) is 9.95. The third-order valence-electron chi connectivity index (χ3n) is 2.51. The van der Waals surface area contributed by atoms with Crippen molar-refractivity contribution in [2.45, 2.75) is 6.92 Å². The van der Waals surface area contributed by atoms with Crippen LogP contribution in [0.3, 0.4) is 0 Å². The Balaban J connectivity index is 2.20. The molecule has 19 heavy (non-hydrogen) atoms. The number of hydrogen-bond donors (Lipinski definition) is 2. The number of phenols is 1. The first-order valence-electron chi connectivity index (χ1n) is 5.39. The second-order valence-corrected chi connectivity index (χ2v) is 4.72. The molecule has 0 bridgehead atoms. The summed E-state index contributed by atoms with van der Waals surface area (Å²) < 4.78 is 0. The molecule has 0 fully saturated rings. The van der Waals surface area contributed by atoms with E-state index in [1.54, 1.807) is 19.1 Å². The van der Waals surface area contributed by atoms with Crippen molar-refractivity contribution in [1.82, 2.24) is 4.98 Å². The molecule has 1 aromatic heterocycles. The van der Waals surface area contributed by atoms with Gasteiger partial charge in [-0.1, -0.05) is 23.2 Å². The van der Waals surface area contributed by atoms with Crippen molar-refractivity contribution in [2.24, 2.45) is 0 Å². The van der Waals surface area contributed by atoms with Crippen LogP contribution in [-0.2, 0) is 0 Å². The van der Waals surface area contributed by atoms with Crippen molar-refractivity contribution in [1.29, 1.82) is 0 Å². The third kappa shape index (κ3) is 3.16. The monoisotopic (exact) mass is 296 g/mol. The molecule has 2 rings (SSSR count). The van der Waals surface area contributed by atoms with Gasteiger partial charge in [0.05, 0.1) is 10.6 Å². The minimum absolute atomic E-state index is 0.152. The minimum atomic E-state index is -0.351. The van der Waals surface area contributed by atoms with Crippen LogP contribution in [0.25, 0.3) is 0 Å². The highest BCUT2D eigenvalue weighted by Crippen LogP contribution is 2.22. The maximum atomic E-state index is 12.0. The summed E-state index contributed by atoms with van der Waals surface area (Å²) in [6, 6.07) is 6.22. The second kappa shape index (κ2) is 5.47. The average molecular weight is 297 g/mol. The number of aromatic hydroxyl groups is 1. The lowest BCUT2D eigenvalue weighted by Crippen LogP contribution is -2.12. The number of anilines is 1.